The number of ether oxygens (including phenoxy) is 4. The van der Waals surface area contributed by atoms with E-state index < -0.39 is 18.8 Å². The Morgan fingerprint density at radius 3 is 2.69 bits per heavy atom. The molecule has 0 spiro atoms. The summed E-state index contributed by atoms with van der Waals surface area (Å²) in [6, 6.07) is 12.9. The Morgan fingerprint density at radius 1 is 1.11 bits per heavy atom. The maximum Gasteiger partial charge on any atom is 0.410 e. The van der Waals surface area contributed by atoms with Gasteiger partial charge in [0.05, 0.1) is 19.8 Å². The fourth-order valence-corrected chi connectivity index (χ4v) is 4.59. The number of rotatable bonds is 10. The summed E-state index contributed by atoms with van der Waals surface area (Å²) in [6.07, 6.45) is 0.993. The maximum absolute atomic E-state index is 12.9. The Hall–Kier alpha value is -2.81. The molecule has 0 aliphatic carbocycles. The Bertz CT molecular complexity index is 1120. The van der Waals surface area contributed by atoms with Crippen molar-refractivity contribution in [3.8, 4) is 5.75 Å². The van der Waals surface area contributed by atoms with Crippen LogP contribution in [0.15, 0.2) is 42.5 Å². The molecule has 35 heavy (non-hydrogen) atoms. The Kier molecular flexibility index (Phi) is 8.84. The van der Waals surface area contributed by atoms with Crippen molar-refractivity contribution in [3.63, 3.8) is 0 Å². The molecule has 0 saturated heterocycles. The molecule has 4 rings (SSSR count). The van der Waals surface area contributed by atoms with Gasteiger partial charge in [-0.25, -0.2) is 9.18 Å². The first-order chi connectivity index (χ1) is 17.1. The zero-order chi connectivity index (χ0) is 24.6. The van der Waals surface area contributed by atoms with Crippen molar-refractivity contribution < 1.29 is 28.1 Å². The van der Waals surface area contributed by atoms with Crippen LogP contribution in [0.1, 0.15) is 29.3 Å². The van der Waals surface area contributed by atoms with Gasteiger partial charge in [0.2, 0.25) is 0 Å². The standard InChI is InChI=1S/C26H30ClFN2O5/c1-32-13-14-33-15-16-34-20-7-4-18(5-8-20)25-24-21(22-17-19(27)6-9-23(22)29-24)3-2-11-30(25)26(31)35-12-10-28/h4-9,17,25,29H,2-3,10-16H2,1H3. The molecule has 1 N–H and O–H groups in total. The molecule has 188 valence electrons. The summed E-state index contributed by atoms with van der Waals surface area (Å²) in [5, 5.41) is 1.71. The van der Waals surface area contributed by atoms with Crippen LogP contribution in [0, 0.1) is 0 Å². The molecule has 0 fully saturated rings. The first-order valence-corrected chi connectivity index (χ1v) is 12.1. The Morgan fingerprint density at radius 2 is 1.91 bits per heavy atom. The summed E-state index contributed by atoms with van der Waals surface area (Å²) in [6.45, 7) is 1.44. The van der Waals surface area contributed by atoms with Gasteiger partial charge in [0, 0.05) is 35.3 Å². The molecular weight excluding hydrogens is 475 g/mol. The number of hydrogen-bond donors (Lipinski definition) is 1. The monoisotopic (exact) mass is 504 g/mol. The fraction of sp³-hybridized carbons (Fsp3) is 0.423. The number of aromatic nitrogens is 1. The normalized spacial score (nSPS) is 15.6. The SMILES string of the molecule is COCCOCCOc1ccc(C2c3[nH]c4ccc(Cl)cc4c3CCCN2C(=O)OCCF)cc1. The van der Waals surface area contributed by atoms with E-state index in [2.05, 4.69) is 4.98 Å². The number of halogens is 2. The first-order valence-electron chi connectivity index (χ1n) is 11.7. The quantitative estimate of drug-likeness (QED) is 0.379. The number of H-pyrrole nitrogens is 1. The zero-order valence-electron chi connectivity index (χ0n) is 19.7. The number of hydrogen-bond acceptors (Lipinski definition) is 5. The van der Waals surface area contributed by atoms with E-state index in [4.69, 9.17) is 30.5 Å². The molecular formula is C26H30ClFN2O5. The second-order valence-electron chi connectivity index (χ2n) is 8.23. The number of carbonyl (C=O) groups is 1. The van der Waals surface area contributed by atoms with Gasteiger partial charge >= 0.3 is 6.09 Å². The van der Waals surface area contributed by atoms with Crippen LogP contribution in [0.5, 0.6) is 5.75 Å². The van der Waals surface area contributed by atoms with E-state index in [1.807, 2.05) is 42.5 Å². The number of aromatic amines is 1. The minimum absolute atomic E-state index is 0.267. The van der Waals surface area contributed by atoms with Crippen molar-refractivity contribution in [2.24, 2.45) is 0 Å². The van der Waals surface area contributed by atoms with E-state index in [9.17, 15) is 9.18 Å². The molecule has 1 amide bonds. The predicted octanol–water partition coefficient (Wildman–Crippen LogP) is 5.31. The van der Waals surface area contributed by atoms with E-state index in [0.29, 0.717) is 43.7 Å². The molecule has 0 radical (unpaired) electrons. The second-order valence-corrected chi connectivity index (χ2v) is 8.67. The zero-order valence-corrected chi connectivity index (χ0v) is 20.5. The first kappa shape index (κ1) is 25.3. The minimum atomic E-state index is -0.721. The van der Waals surface area contributed by atoms with E-state index in [1.165, 1.54) is 0 Å². The molecule has 2 heterocycles. The molecule has 1 aromatic heterocycles. The van der Waals surface area contributed by atoms with Crippen molar-refractivity contribution in [1.29, 1.82) is 0 Å². The van der Waals surface area contributed by atoms with Crippen LogP contribution < -0.4 is 4.74 Å². The van der Waals surface area contributed by atoms with Crippen LogP contribution in [0.3, 0.4) is 0 Å². The summed E-state index contributed by atoms with van der Waals surface area (Å²) in [4.78, 5) is 18.1. The lowest BCUT2D eigenvalue weighted by atomic mass is 9.98. The van der Waals surface area contributed by atoms with Gasteiger partial charge in [-0.1, -0.05) is 23.7 Å². The molecule has 1 aliphatic rings. The molecule has 3 aromatic rings. The highest BCUT2D eigenvalue weighted by Gasteiger charge is 2.33. The van der Waals surface area contributed by atoms with Gasteiger partial charge in [0.25, 0.3) is 0 Å². The van der Waals surface area contributed by atoms with Crippen LogP contribution in [-0.4, -0.2) is 69.3 Å². The molecule has 1 atom stereocenters. The molecule has 1 unspecified atom stereocenters. The number of carbonyl (C=O) groups excluding carboxylic acids is 1. The molecule has 0 saturated carbocycles. The highest BCUT2D eigenvalue weighted by molar-refractivity contribution is 6.31. The van der Waals surface area contributed by atoms with Crippen LogP contribution >= 0.6 is 11.6 Å². The third-order valence-corrected chi connectivity index (χ3v) is 6.21. The Balaban J connectivity index is 1.61. The predicted molar refractivity (Wildman–Crippen MR) is 132 cm³/mol. The molecule has 2 aromatic carbocycles. The highest BCUT2D eigenvalue weighted by Crippen LogP contribution is 2.39. The average molecular weight is 505 g/mol. The van der Waals surface area contributed by atoms with Crippen LogP contribution in [-0.2, 0) is 20.6 Å². The molecule has 7 nitrogen and oxygen atoms in total. The number of aryl methyl sites for hydroxylation is 1. The number of nitrogens with zero attached hydrogens (tertiary/aromatic N) is 1. The number of nitrogens with one attached hydrogen (secondary N) is 1. The summed E-state index contributed by atoms with van der Waals surface area (Å²) in [5.74, 6) is 0.702. The minimum Gasteiger partial charge on any atom is -0.491 e. The lowest BCUT2D eigenvalue weighted by Crippen LogP contribution is -2.36. The Labute approximate surface area is 209 Å². The molecule has 1 aliphatic heterocycles. The smallest absolute Gasteiger partial charge is 0.410 e. The van der Waals surface area contributed by atoms with Crippen LogP contribution in [0.2, 0.25) is 5.02 Å². The van der Waals surface area contributed by atoms with Crippen molar-refractivity contribution in [2.45, 2.75) is 18.9 Å². The van der Waals surface area contributed by atoms with Crippen LogP contribution in [0.4, 0.5) is 9.18 Å². The van der Waals surface area contributed by atoms with E-state index in [-0.39, 0.29) is 6.61 Å². The van der Waals surface area contributed by atoms with Gasteiger partial charge in [0.1, 0.15) is 31.7 Å². The van der Waals surface area contributed by atoms with Gasteiger partial charge in [0.15, 0.2) is 0 Å². The summed E-state index contributed by atoms with van der Waals surface area (Å²) < 4.78 is 34.1. The highest BCUT2D eigenvalue weighted by atomic mass is 35.5. The number of alkyl halides is 1. The number of benzene rings is 2. The van der Waals surface area contributed by atoms with Crippen molar-refractivity contribution in [1.82, 2.24) is 9.88 Å². The lowest BCUT2D eigenvalue weighted by Gasteiger charge is -2.30. The summed E-state index contributed by atoms with van der Waals surface area (Å²) in [5.41, 5.74) is 3.89. The summed E-state index contributed by atoms with van der Waals surface area (Å²) in [7, 11) is 1.63. The van der Waals surface area contributed by atoms with Crippen molar-refractivity contribution in [3.05, 3.63) is 64.3 Å². The van der Waals surface area contributed by atoms with Crippen LogP contribution in [0.25, 0.3) is 10.9 Å². The molecule has 9 heteroatoms. The van der Waals surface area contributed by atoms with Gasteiger partial charge in [-0.3, -0.25) is 4.90 Å². The summed E-state index contributed by atoms with van der Waals surface area (Å²) >= 11 is 6.28. The van der Waals surface area contributed by atoms with Gasteiger partial charge in [-0.15, -0.1) is 0 Å². The number of methoxy groups -OCH3 is 1. The van der Waals surface area contributed by atoms with E-state index in [1.54, 1.807) is 12.0 Å². The average Bonchev–Trinajstić information content (AvgIpc) is 3.10. The molecule has 0 bridgehead atoms. The van der Waals surface area contributed by atoms with Gasteiger partial charge in [-0.05, 0) is 54.3 Å². The number of amides is 1. The van der Waals surface area contributed by atoms with E-state index in [0.717, 1.165) is 40.6 Å². The fourth-order valence-electron chi connectivity index (χ4n) is 4.42. The van der Waals surface area contributed by atoms with Gasteiger partial charge < -0.3 is 23.9 Å². The topological polar surface area (TPSA) is 73.0 Å². The largest absolute Gasteiger partial charge is 0.491 e. The maximum atomic E-state index is 12.9. The lowest BCUT2D eigenvalue weighted by molar-refractivity contribution is 0.0544. The third-order valence-electron chi connectivity index (χ3n) is 5.97. The number of fused-ring (bicyclic) bond motifs is 3. The van der Waals surface area contributed by atoms with Gasteiger partial charge in [-0.2, -0.15) is 0 Å². The second kappa shape index (κ2) is 12.2. The third kappa shape index (κ3) is 6.07. The van der Waals surface area contributed by atoms with Crippen molar-refractivity contribution >= 4 is 28.6 Å². The van der Waals surface area contributed by atoms with E-state index >= 15 is 0 Å². The van der Waals surface area contributed by atoms with Crippen molar-refractivity contribution in [2.75, 3.05) is 53.4 Å².